The number of hydrogen-bond acceptors (Lipinski definition) is 4. The van der Waals surface area contributed by atoms with Crippen molar-refractivity contribution in [2.45, 2.75) is 20.3 Å². The van der Waals surface area contributed by atoms with E-state index in [-0.39, 0.29) is 12.2 Å². The van der Waals surface area contributed by atoms with Gasteiger partial charge in [0.05, 0.1) is 5.69 Å². The van der Waals surface area contributed by atoms with Crippen LogP contribution in [0.4, 0.5) is 5.69 Å². The molecule has 20 heavy (non-hydrogen) atoms. The third-order valence-electron chi connectivity index (χ3n) is 3.49. The molecule has 0 saturated carbocycles. The molecule has 0 saturated heterocycles. The second kappa shape index (κ2) is 5.82. The molecule has 0 aliphatic rings. The quantitative estimate of drug-likeness (QED) is 0.591. The standard InChI is InChI=1S/C16H17NO3/c1-3-17(4-2)14-12(15(19)16(14)20)10-13(18)11-8-6-5-7-9-11/h5-9H,3-4,10H2,1-2H3. The zero-order valence-corrected chi connectivity index (χ0v) is 11.7. The van der Waals surface area contributed by atoms with Crippen LogP contribution in [0.3, 0.4) is 0 Å². The number of ketones is 1. The highest BCUT2D eigenvalue weighted by atomic mass is 16.2. The smallest absolute Gasteiger partial charge is 0.249 e. The third-order valence-corrected chi connectivity index (χ3v) is 3.49. The van der Waals surface area contributed by atoms with Crippen molar-refractivity contribution in [3.63, 3.8) is 0 Å². The number of rotatable bonds is 6. The van der Waals surface area contributed by atoms with Gasteiger partial charge in [-0.3, -0.25) is 14.4 Å². The molecule has 0 spiro atoms. The number of carbonyl (C=O) groups is 1. The molecule has 0 heterocycles. The lowest BCUT2D eigenvalue weighted by atomic mass is 9.97. The molecule has 2 rings (SSSR count). The minimum Gasteiger partial charge on any atom is -0.368 e. The molecule has 0 aliphatic carbocycles. The van der Waals surface area contributed by atoms with Crippen molar-refractivity contribution in [2.75, 3.05) is 18.0 Å². The largest absolute Gasteiger partial charge is 0.368 e. The van der Waals surface area contributed by atoms with Crippen LogP contribution < -0.4 is 15.8 Å². The van der Waals surface area contributed by atoms with E-state index in [1.54, 1.807) is 24.3 Å². The first kappa shape index (κ1) is 14.2. The number of benzene rings is 1. The van der Waals surface area contributed by atoms with Gasteiger partial charge < -0.3 is 4.90 Å². The maximum absolute atomic E-state index is 12.1. The predicted molar refractivity (Wildman–Crippen MR) is 79.4 cm³/mol. The van der Waals surface area contributed by atoms with Crippen molar-refractivity contribution in [1.29, 1.82) is 0 Å². The molecule has 0 bridgehead atoms. The summed E-state index contributed by atoms with van der Waals surface area (Å²) >= 11 is 0. The number of nitrogens with zero attached hydrogens (tertiary/aromatic N) is 1. The summed E-state index contributed by atoms with van der Waals surface area (Å²) < 4.78 is 0. The fourth-order valence-corrected chi connectivity index (χ4v) is 2.35. The van der Waals surface area contributed by atoms with Crippen molar-refractivity contribution >= 4 is 11.5 Å². The molecular weight excluding hydrogens is 254 g/mol. The lowest BCUT2D eigenvalue weighted by Gasteiger charge is -2.24. The van der Waals surface area contributed by atoms with Crippen LogP contribution in [0.1, 0.15) is 29.8 Å². The Morgan fingerprint density at radius 3 is 2.15 bits per heavy atom. The van der Waals surface area contributed by atoms with Gasteiger partial charge in [0, 0.05) is 30.6 Å². The van der Waals surface area contributed by atoms with Gasteiger partial charge in [0.15, 0.2) is 5.78 Å². The number of Topliss-reactive ketones (excluding diaryl/α,β-unsaturated/α-hetero) is 1. The second-order valence-electron chi connectivity index (χ2n) is 4.62. The number of hydrogen-bond donors (Lipinski definition) is 0. The Bertz CT molecular complexity index is 677. The Labute approximate surface area is 117 Å². The zero-order valence-electron chi connectivity index (χ0n) is 11.7. The van der Waals surface area contributed by atoms with E-state index in [9.17, 15) is 14.4 Å². The summed E-state index contributed by atoms with van der Waals surface area (Å²) in [7, 11) is 0. The van der Waals surface area contributed by atoms with Gasteiger partial charge in [0.2, 0.25) is 10.9 Å². The minimum absolute atomic E-state index is 0.000417. The van der Waals surface area contributed by atoms with Gasteiger partial charge in [-0.25, -0.2) is 0 Å². The Hall–Kier alpha value is -2.23. The van der Waals surface area contributed by atoms with E-state index in [0.29, 0.717) is 29.9 Å². The minimum atomic E-state index is -0.517. The average molecular weight is 271 g/mol. The molecular formula is C16H17NO3. The van der Waals surface area contributed by atoms with Crippen molar-refractivity contribution in [1.82, 2.24) is 0 Å². The summed E-state index contributed by atoms with van der Waals surface area (Å²) in [5.41, 5.74) is 0.351. The van der Waals surface area contributed by atoms with Gasteiger partial charge in [0.25, 0.3) is 0 Å². The summed E-state index contributed by atoms with van der Waals surface area (Å²) in [6.45, 7) is 5.13. The van der Waals surface area contributed by atoms with Gasteiger partial charge in [-0.05, 0) is 13.8 Å². The third kappa shape index (κ3) is 2.41. The van der Waals surface area contributed by atoms with Crippen LogP contribution in [-0.4, -0.2) is 18.9 Å². The van der Waals surface area contributed by atoms with Crippen molar-refractivity contribution in [3.05, 3.63) is 61.9 Å². The van der Waals surface area contributed by atoms with Crippen molar-refractivity contribution in [2.24, 2.45) is 0 Å². The summed E-state index contributed by atoms with van der Waals surface area (Å²) in [6, 6.07) is 8.81. The summed E-state index contributed by atoms with van der Waals surface area (Å²) in [5, 5.41) is 0. The Morgan fingerprint density at radius 1 is 1.00 bits per heavy atom. The van der Waals surface area contributed by atoms with Gasteiger partial charge in [-0.15, -0.1) is 0 Å². The SMILES string of the molecule is CCN(CC)c1c(CC(=O)c2ccccc2)c(=O)c1=O. The summed E-state index contributed by atoms with van der Waals surface area (Å²) in [4.78, 5) is 37.3. The number of anilines is 1. The number of carbonyl (C=O) groups excluding carboxylic acids is 1. The maximum atomic E-state index is 12.1. The van der Waals surface area contributed by atoms with Gasteiger partial charge in [0.1, 0.15) is 0 Å². The van der Waals surface area contributed by atoms with Gasteiger partial charge in [-0.1, -0.05) is 30.3 Å². The monoisotopic (exact) mass is 271 g/mol. The van der Waals surface area contributed by atoms with Crippen molar-refractivity contribution < 1.29 is 4.79 Å². The maximum Gasteiger partial charge on any atom is 0.249 e. The van der Waals surface area contributed by atoms with E-state index in [2.05, 4.69) is 0 Å². The van der Waals surface area contributed by atoms with Crippen LogP contribution in [0.25, 0.3) is 0 Å². The molecule has 0 atom stereocenters. The Kier molecular flexibility index (Phi) is 4.13. The van der Waals surface area contributed by atoms with Gasteiger partial charge >= 0.3 is 0 Å². The van der Waals surface area contributed by atoms with Crippen LogP contribution in [-0.2, 0) is 6.42 Å². The van der Waals surface area contributed by atoms with E-state index in [0.717, 1.165) is 0 Å². The van der Waals surface area contributed by atoms with Crippen LogP contribution >= 0.6 is 0 Å². The molecule has 0 aromatic heterocycles. The van der Waals surface area contributed by atoms with Crippen LogP contribution in [0.2, 0.25) is 0 Å². The molecule has 2 aromatic carbocycles. The molecule has 104 valence electrons. The average Bonchev–Trinajstić information content (AvgIpc) is 2.51. The first-order chi connectivity index (χ1) is 9.60. The highest BCUT2D eigenvalue weighted by Gasteiger charge is 2.26. The predicted octanol–water partition coefficient (Wildman–Crippen LogP) is 1.55. The summed E-state index contributed by atoms with van der Waals surface area (Å²) in [6.07, 6.45) is 0.000417. The van der Waals surface area contributed by atoms with Gasteiger partial charge in [-0.2, -0.15) is 0 Å². The molecule has 0 N–H and O–H groups in total. The zero-order chi connectivity index (χ0) is 14.7. The van der Waals surface area contributed by atoms with E-state index >= 15 is 0 Å². The molecule has 0 fully saturated rings. The second-order valence-corrected chi connectivity index (χ2v) is 4.62. The lowest BCUT2D eigenvalue weighted by molar-refractivity contribution is 0.0992. The van der Waals surface area contributed by atoms with E-state index in [4.69, 9.17) is 0 Å². The molecule has 0 amide bonds. The van der Waals surface area contributed by atoms with Crippen LogP contribution in [0.5, 0.6) is 0 Å². The molecule has 2 aromatic rings. The normalized spacial score (nSPS) is 10.7. The molecule has 4 nitrogen and oxygen atoms in total. The van der Waals surface area contributed by atoms with Crippen LogP contribution in [0.15, 0.2) is 39.9 Å². The highest BCUT2D eigenvalue weighted by molar-refractivity contribution is 5.98. The first-order valence-corrected chi connectivity index (χ1v) is 6.75. The van der Waals surface area contributed by atoms with Crippen LogP contribution in [0, 0.1) is 0 Å². The molecule has 0 aliphatic heterocycles. The molecule has 4 heteroatoms. The molecule has 0 unspecified atom stereocenters. The van der Waals surface area contributed by atoms with E-state index in [1.165, 1.54) is 0 Å². The fourth-order valence-electron chi connectivity index (χ4n) is 2.35. The fraction of sp³-hybridized carbons (Fsp3) is 0.312. The topological polar surface area (TPSA) is 54.5 Å². The lowest BCUT2D eigenvalue weighted by Crippen LogP contribution is -2.44. The van der Waals surface area contributed by atoms with E-state index in [1.807, 2.05) is 24.8 Å². The summed E-state index contributed by atoms with van der Waals surface area (Å²) in [5.74, 6) is -0.133. The molecule has 0 radical (unpaired) electrons. The first-order valence-electron chi connectivity index (χ1n) is 6.75. The highest BCUT2D eigenvalue weighted by Crippen LogP contribution is 2.16. The van der Waals surface area contributed by atoms with Crippen molar-refractivity contribution in [3.8, 4) is 0 Å². The van der Waals surface area contributed by atoms with E-state index < -0.39 is 10.9 Å². The Balaban J connectivity index is 2.27. The Morgan fingerprint density at radius 2 is 1.60 bits per heavy atom.